The number of methoxy groups -OCH3 is 1. The number of thiazole rings is 1. The Labute approximate surface area is 280 Å². The van der Waals surface area contributed by atoms with Gasteiger partial charge < -0.3 is 14.2 Å². The third kappa shape index (κ3) is 6.20. The molecule has 0 saturated heterocycles. The van der Waals surface area contributed by atoms with Crippen molar-refractivity contribution in [3.63, 3.8) is 0 Å². The molecule has 11 heteroatoms. The molecule has 0 fully saturated rings. The van der Waals surface area contributed by atoms with Crippen molar-refractivity contribution < 1.29 is 19.0 Å². The van der Waals surface area contributed by atoms with Gasteiger partial charge in [-0.05, 0) is 75.8 Å². The quantitative estimate of drug-likeness (QED) is 0.168. The highest BCUT2D eigenvalue weighted by Crippen LogP contribution is 2.38. The zero-order valence-corrected chi connectivity index (χ0v) is 27.9. The van der Waals surface area contributed by atoms with Crippen LogP contribution in [-0.4, -0.2) is 24.3 Å². The molecule has 1 atom stereocenters. The summed E-state index contributed by atoms with van der Waals surface area (Å²) in [5.41, 5.74) is 3.48. The number of hydrogen-bond acceptors (Lipinski definition) is 9. The van der Waals surface area contributed by atoms with Crippen LogP contribution in [-0.2, 0) is 16.1 Å². The summed E-state index contributed by atoms with van der Waals surface area (Å²) in [5, 5.41) is 11.0. The number of rotatable bonds is 9. The molecule has 46 heavy (non-hydrogen) atoms. The summed E-state index contributed by atoms with van der Waals surface area (Å²) in [6.07, 6.45) is 1.78. The summed E-state index contributed by atoms with van der Waals surface area (Å²) in [6.45, 7) is 2.22. The summed E-state index contributed by atoms with van der Waals surface area (Å²) in [4.78, 5) is 33.8. The number of nitrogens with zero attached hydrogens (tertiary/aromatic N) is 3. The Bertz CT molecular complexity index is 2160. The number of ether oxygens (including phenoxy) is 3. The molecule has 0 aliphatic carbocycles. The van der Waals surface area contributed by atoms with Crippen molar-refractivity contribution in [2.24, 2.45) is 4.99 Å². The average molecular weight is 713 g/mol. The number of halogens is 1. The van der Waals surface area contributed by atoms with Crippen molar-refractivity contribution >= 4 is 56.3 Å². The van der Waals surface area contributed by atoms with Crippen molar-refractivity contribution in [2.45, 2.75) is 19.6 Å². The van der Waals surface area contributed by atoms with Gasteiger partial charge >= 0.3 is 5.97 Å². The predicted molar refractivity (Wildman–Crippen MR) is 182 cm³/mol. The lowest BCUT2D eigenvalue weighted by atomic mass is 9.97. The van der Waals surface area contributed by atoms with Crippen molar-refractivity contribution in [3.8, 4) is 17.6 Å². The van der Waals surface area contributed by atoms with Crippen LogP contribution in [0.1, 0.15) is 40.1 Å². The summed E-state index contributed by atoms with van der Waals surface area (Å²) in [6, 6.07) is 25.5. The van der Waals surface area contributed by atoms with Crippen molar-refractivity contribution in [2.75, 3.05) is 13.7 Å². The largest absolute Gasteiger partial charge is 0.493 e. The maximum absolute atomic E-state index is 14.1. The molecule has 0 radical (unpaired) electrons. The molecule has 3 aromatic carbocycles. The number of nitriles is 1. The Balaban J connectivity index is 1.44. The molecular formula is C35H26BrN3O5S2. The molecule has 6 rings (SSSR count). The van der Waals surface area contributed by atoms with Gasteiger partial charge in [-0.1, -0.05) is 59.9 Å². The number of hydrogen-bond donors (Lipinski definition) is 0. The second-order valence-electron chi connectivity index (χ2n) is 10.1. The lowest BCUT2D eigenvalue weighted by Crippen LogP contribution is -2.39. The number of carbonyl (C=O) groups is 1. The molecular weight excluding hydrogens is 686 g/mol. The Morgan fingerprint density at radius 1 is 1.11 bits per heavy atom. The first-order valence-corrected chi connectivity index (χ1v) is 16.7. The maximum Gasteiger partial charge on any atom is 0.338 e. The molecule has 1 aliphatic rings. The molecule has 230 valence electrons. The number of esters is 1. The van der Waals surface area contributed by atoms with Crippen LogP contribution in [0.4, 0.5) is 0 Å². The van der Waals surface area contributed by atoms with Crippen LogP contribution >= 0.6 is 38.6 Å². The van der Waals surface area contributed by atoms with E-state index >= 15 is 0 Å². The van der Waals surface area contributed by atoms with Gasteiger partial charge in [-0.3, -0.25) is 9.36 Å². The number of carbonyl (C=O) groups excluding carboxylic acids is 1. The van der Waals surface area contributed by atoms with E-state index in [0.29, 0.717) is 47.7 Å². The van der Waals surface area contributed by atoms with Gasteiger partial charge in [0.2, 0.25) is 0 Å². The lowest BCUT2D eigenvalue weighted by molar-refractivity contribution is -0.138. The van der Waals surface area contributed by atoms with E-state index in [4.69, 9.17) is 24.5 Å². The highest BCUT2D eigenvalue weighted by Gasteiger charge is 2.35. The van der Waals surface area contributed by atoms with Crippen molar-refractivity contribution in [1.82, 2.24) is 4.57 Å². The number of fused-ring (bicyclic) bond motifs is 1. The Hall–Kier alpha value is -4.76. The smallest absolute Gasteiger partial charge is 0.338 e. The summed E-state index contributed by atoms with van der Waals surface area (Å²) in [5.74, 6) is 0.479. The summed E-state index contributed by atoms with van der Waals surface area (Å²) < 4.78 is 19.9. The number of thiophene rings is 1. The Morgan fingerprint density at radius 3 is 2.57 bits per heavy atom. The molecule has 0 N–H and O–H groups in total. The van der Waals surface area contributed by atoms with Crippen molar-refractivity contribution in [3.05, 3.63) is 141 Å². The molecule has 0 unspecified atom stereocenters. The first-order chi connectivity index (χ1) is 22.4. The van der Waals surface area contributed by atoms with E-state index in [1.165, 1.54) is 22.7 Å². The third-order valence-corrected chi connectivity index (χ3v) is 9.70. The fourth-order valence-electron chi connectivity index (χ4n) is 5.10. The van der Waals surface area contributed by atoms with Crippen LogP contribution in [0.15, 0.2) is 104 Å². The van der Waals surface area contributed by atoms with Crippen LogP contribution < -0.4 is 24.4 Å². The van der Waals surface area contributed by atoms with Gasteiger partial charge in [-0.15, -0.1) is 11.3 Å². The van der Waals surface area contributed by atoms with E-state index in [1.54, 1.807) is 42.9 Å². The normalized spacial score (nSPS) is 14.3. The fourth-order valence-corrected chi connectivity index (χ4v) is 7.50. The lowest BCUT2D eigenvalue weighted by Gasteiger charge is -2.24. The molecule has 5 aromatic rings. The minimum absolute atomic E-state index is 0.190. The maximum atomic E-state index is 14.1. The summed E-state index contributed by atoms with van der Waals surface area (Å²) >= 11 is 6.33. The van der Waals surface area contributed by atoms with Gasteiger partial charge in [0.1, 0.15) is 12.6 Å². The predicted octanol–water partition coefficient (Wildman–Crippen LogP) is 6.22. The standard InChI is InChI=1S/C35H26BrN3O5S2/c1-3-43-34(41)29-30(24-8-5-4-6-9-24)38-35-39(31(29)27-10-7-15-45-27)33(40)28(46-35)18-23-16-25(36)32(26(17-23)42-2)44-20-22-13-11-21(19-37)12-14-22/h4-18,31H,3,20H2,1-2H3/b28-18-/t31-/m1/s1. The Morgan fingerprint density at radius 2 is 1.89 bits per heavy atom. The third-order valence-electron chi connectivity index (χ3n) is 7.20. The van der Waals surface area contributed by atoms with Crippen LogP contribution in [0.3, 0.4) is 0 Å². The van der Waals surface area contributed by atoms with Crippen LogP contribution in [0, 0.1) is 11.3 Å². The fraction of sp³-hybridized carbons (Fsp3) is 0.143. The van der Waals surface area contributed by atoms with Gasteiger partial charge in [0.25, 0.3) is 5.56 Å². The zero-order chi connectivity index (χ0) is 32.2. The minimum atomic E-state index is -0.702. The minimum Gasteiger partial charge on any atom is -0.493 e. The van der Waals surface area contributed by atoms with E-state index in [1.807, 2.05) is 66.0 Å². The topological polar surface area (TPSA) is 103 Å². The number of aromatic nitrogens is 1. The van der Waals surface area contributed by atoms with Gasteiger partial charge in [-0.2, -0.15) is 5.26 Å². The Kier molecular flexibility index (Phi) is 9.30. The second-order valence-corrected chi connectivity index (χ2v) is 12.9. The molecule has 2 aromatic heterocycles. The average Bonchev–Trinajstić information content (AvgIpc) is 3.72. The monoisotopic (exact) mass is 711 g/mol. The van der Waals surface area contributed by atoms with Crippen LogP contribution in [0.5, 0.6) is 11.5 Å². The van der Waals surface area contributed by atoms with E-state index < -0.39 is 12.0 Å². The summed E-state index contributed by atoms with van der Waals surface area (Å²) in [7, 11) is 1.55. The first kappa shape index (κ1) is 31.2. The molecule has 8 nitrogen and oxygen atoms in total. The van der Waals surface area contributed by atoms with E-state index in [0.717, 1.165) is 16.0 Å². The van der Waals surface area contributed by atoms with E-state index in [9.17, 15) is 9.59 Å². The van der Waals surface area contributed by atoms with E-state index in [2.05, 4.69) is 22.0 Å². The highest BCUT2D eigenvalue weighted by atomic mass is 79.9. The van der Waals surface area contributed by atoms with Crippen LogP contribution in [0.2, 0.25) is 0 Å². The number of benzene rings is 3. The van der Waals surface area contributed by atoms with Crippen molar-refractivity contribution in [1.29, 1.82) is 5.26 Å². The molecule has 0 amide bonds. The molecule has 0 bridgehead atoms. The van der Waals surface area contributed by atoms with Crippen LogP contribution in [0.25, 0.3) is 11.8 Å². The molecule has 3 heterocycles. The molecule has 0 saturated carbocycles. The highest BCUT2D eigenvalue weighted by molar-refractivity contribution is 9.10. The van der Waals surface area contributed by atoms with Gasteiger partial charge in [0, 0.05) is 10.4 Å². The SMILES string of the molecule is CCOC(=O)C1=C(c2ccccc2)N=c2s/c(=C\c3cc(Br)c(OCc4ccc(C#N)cc4)c(OC)c3)c(=O)n2[C@@H]1c1cccs1. The molecule has 0 spiro atoms. The second kappa shape index (κ2) is 13.7. The first-order valence-electron chi connectivity index (χ1n) is 14.2. The van der Waals surface area contributed by atoms with Gasteiger partial charge in [0.15, 0.2) is 16.3 Å². The van der Waals surface area contributed by atoms with Gasteiger partial charge in [0.05, 0.1) is 45.6 Å². The molecule has 1 aliphatic heterocycles. The van der Waals surface area contributed by atoms with E-state index in [-0.39, 0.29) is 18.8 Å². The zero-order valence-electron chi connectivity index (χ0n) is 24.7. The van der Waals surface area contributed by atoms with Gasteiger partial charge in [-0.25, -0.2) is 9.79 Å².